The van der Waals surface area contributed by atoms with Crippen molar-refractivity contribution in [2.24, 2.45) is 0 Å². The van der Waals surface area contributed by atoms with Crippen LogP contribution in [0, 0.1) is 12.7 Å². The van der Waals surface area contributed by atoms with Crippen molar-refractivity contribution in [1.29, 1.82) is 0 Å². The van der Waals surface area contributed by atoms with Crippen LogP contribution in [0.25, 0.3) is 10.4 Å². The van der Waals surface area contributed by atoms with Crippen LogP contribution < -0.4 is 10.9 Å². The first-order valence-corrected chi connectivity index (χ1v) is 8.69. The zero-order valence-electron chi connectivity index (χ0n) is 12.6. The second-order valence-electron chi connectivity index (χ2n) is 4.99. The number of benzene rings is 1. The summed E-state index contributed by atoms with van der Waals surface area (Å²) >= 11 is 2.62. The average Bonchev–Trinajstić information content (AvgIpc) is 3.22. The Bertz CT molecular complexity index is 884. The minimum absolute atomic E-state index is 0.306. The Morgan fingerprint density at radius 3 is 2.00 bits per heavy atom. The molecule has 3 rings (SSSR count). The predicted octanol–water partition coefficient (Wildman–Crippen LogP) is 4.00. The summed E-state index contributed by atoms with van der Waals surface area (Å²) in [6.45, 7) is 1.91. The molecular formula is C17H13FN2O2S2. The van der Waals surface area contributed by atoms with Crippen LogP contribution in [-0.4, -0.2) is 11.8 Å². The van der Waals surface area contributed by atoms with Crippen molar-refractivity contribution in [1.82, 2.24) is 10.9 Å². The van der Waals surface area contributed by atoms with Crippen LogP contribution in [0.15, 0.2) is 48.5 Å². The Morgan fingerprint density at radius 2 is 1.42 bits per heavy atom. The molecule has 1 aromatic carbocycles. The Balaban J connectivity index is 1.63. The highest BCUT2D eigenvalue weighted by atomic mass is 32.1. The number of amides is 2. The third-order valence-electron chi connectivity index (χ3n) is 3.21. The lowest BCUT2D eigenvalue weighted by Gasteiger charge is -2.04. The van der Waals surface area contributed by atoms with Crippen molar-refractivity contribution in [3.8, 4) is 10.4 Å². The minimum Gasteiger partial charge on any atom is -0.266 e. The van der Waals surface area contributed by atoms with E-state index in [0.29, 0.717) is 9.75 Å². The third-order valence-corrected chi connectivity index (χ3v) is 5.34. The molecule has 0 aliphatic heterocycles. The van der Waals surface area contributed by atoms with Crippen LogP contribution in [0.2, 0.25) is 0 Å². The van der Waals surface area contributed by atoms with Gasteiger partial charge in [-0.25, -0.2) is 4.39 Å². The molecule has 2 aromatic heterocycles. The van der Waals surface area contributed by atoms with Gasteiger partial charge in [-0.3, -0.25) is 20.4 Å². The minimum atomic E-state index is -0.394. The maximum absolute atomic E-state index is 13.0. The van der Waals surface area contributed by atoms with E-state index in [1.807, 2.05) is 13.0 Å². The maximum atomic E-state index is 13.0. The molecule has 0 bridgehead atoms. The van der Waals surface area contributed by atoms with Gasteiger partial charge in [0, 0.05) is 9.75 Å². The summed E-state index contributed by atoms with van der Waals surface area (Å²) in [5.74, 6) is -1.05. The molecule has 0 saturated heterocycles. The highest BCUT2D eigenvalue weighted by Crippen LogP contribution is 2.28. The van der Waals surface area contributed by atoms with Crippen LogP contribution >= 0.6 is 22.7 Å². The molecule has 0 atom stereocenters. The quantitative estimate of drug-likeness (QED) is 0.694. The summed E-state index contributed by atoms with van der Waals surface area (Å²) in [6, 6.07) is 13.1. The SMILES string of the molecule is Cc1ccc(C(=O)NNC(=O)c2ccc(-c3ccc(F)cc3)s2)s1. The number of thiophene rings is 2. The number of rotatable bonds is 3. The predicted molar refractivity (Wildman–Crippen MR) is 93.7 cm³/mol. The largest absolute Gasteiger partial charge is 0.279 e. The van der Waals surface area contributed by atoms with Gasteiger partial charge in [-0.05, 0) is 48.9 Å². The molecule has 0 spiro atoms. The normalized spacial score (nSPS) is 10.4. The Hall–Kier alpha value is -2.51. The number of aryl methyl sites for hydroxylation is 1. The third kappa shape index (κ3) is 3.69. The van der Waals surface area contributed by atoms with Crippen molar-refractivity contribution in [2.45, 2.75) is 6.92 Å². The van der Waals surface area contributed by atoms with E-state index in [4.69, 9.17) is 0 Å². The summed E-state index contributed by atoms with van der Waals surface area (Å²) in [5, 5.41) is 0. The molecule has 0 unspecified atom stereocenters. The van der Waals surface area contributed by atoms with Crippen LogP contribution in [0.1, 0.15) is 24.2 Å². The van der Waals surface area contributed by atoms with Crippen molar-refractivity contribution in [3.05, 3.63) is 69.0 Å². The number of hydrazine groups is 1. The second-order valence-corrected chi connectivity index (χ2v) is 7.36. The fraction of sp³-hybridized carbons (Fsp3) is 0.0588. The van der Waals surface area contributed by atoms with Crippen molar-refractivity contribution in [2.75, 3.05) is 0 Å². The molecule has 0 fully saturated rings. The van der Waals surface area contributed by atoms with Gasteiger partial charge in [-0.15, -0.1) is 22.7 Å². The lowest BCUT2D eigenvalue weighted by atomic mass is 10.2. The fourth-order valence-corrected chi connectivity index (χ4v) is 3.69. The molecule has 2 amide bonds. The Labute approximate surface area is 145 Å². The summed E-state index contributed by atoms with van der Waals surface area (Å²) in [6.07, 6.45) is 0. The summed E-state index contributed by atoms with van der Waals surface area (Å²) in [4.78, 5) is 26.9. The molecule has 3 aromatic rings. The first kappa shape index (κ1) is 16.4. The topological polar surface area (TPSA) is 58.2 Å². The van der Waals surface area contributed by atoms with E-state index in [0.717, 1.165) is 15.3 Å². The molecule has 122 valence electrons. The number of carbonyl (C=O) groups excluding carboxylic acids is 2. The van der Waals surface area contributed by atoms with E-state index in [1.54, 1.807) is 30.3 Å². The number of hydrogen-bond acceptors (Lipinski definition) is 4. The molecule has 2 heterocycles. The van der Waals surface area contributed by atoms with Gasteiger partial charge in [0.05, 0.1) is 9.75 Å². The number of halogens is 1. The highest BCUT2D eigenvalue weighted by Gasteiger charge is 2.13. The molecule has 0 saturated carbocycles. The zero-order valence-corrected chi connectivity index (χ0v) is 14.3. The van der Waals surface area contributed by atoms with Gasteiger partial charge in [-0.1, -0.05) is 12.1 Å². The van der Waals surface area contributed by atoms with Gasteiger partial charge in [0.1, 0.15) is 5.82 Å². The lowest BCUT2D eigenvalue weighted by Crippen LogP contribution is -2.41. The van der Waals surface area contributed by atoms with Gasteiger partial charge in [0.15, 0.2) is 0 Å². The number of nitrogens with one attached hydrogen (secondary N) is 2. The van der Waals surface area contributed by atoms with E-state index in [-0.39, 0.29) is 11.7 Å². The smallest absolute Gasteiger partial charge is 0.266 e. The summed E-state index contributed by atoms with van der Waals surface area (Å²) < 4.78 is 13.0. The molecule has 0 radical (unpaired) electrons. The first-order chi connectivity index (χ1) is 11.5. The first-order valence-electron chi connectivity index (χ1n) is 7.06. The lowest BCUT2D eigenvalue weighted by molar-refractivity contribution is 0.0851. The fourth-order valence-electron chi connectivity index (χ4n) is 2.02. The molecule has 24 heavy (non-hydrogen) atoms. The Morgan fingerprint density at radius 1 is 0.833 bits per heavy atom. The van der Waals surface area contributed by atoms with Gasteiger partial charge in [0.25, 0.3) is 11.8 Å². The van der Waals surface area contributed by atoms with E-state index in [9.17, 15) is 14.0 Å². The molecule has 2 N–H and O–H groups in total. The highest BCUT2D eigenvalue weighted by molar-refractivity contribution is 7.17. The van der Waals surface area contributed by atoms with E-state index >= 15 is 0 Å². The molecule has 7 heteroatoms. The number of carbonyl (C=O) groups is 2. The van der Waals surface area contributed by atoms with E-state index in [2.05, 4.69) is 10.9 Å². The monoisotopic (exact) mass is 360 g/mol. The van der Waals surface area contributed by atoms with Gasteiger partial charge >= 0.3 is 0 Å². The molecule has 0 aliphatic rings. The van der Waals surface area contributed by atoms with Crippen molar-refractivity contribution in [3.63, 3.8) is 0 Å². The van der Waals surface area contributed by atoms with E-state index < -0.39 is 5.91 Å². The average molecular weight is 360 g/mol. The van der Waals surface area contributed by atoms with Crippen LogP contribution in [0.5, 0.6) is 0 Å². The molecular weight excluding hydrogens is 347 g/mol. The van der Waals surface area contributed by atoms with Gasteiger partial charge in [0.2, 0.25) is 0 Å². The maximum Gasteiger partial charge on any atom is 0.279 e. The van der Waals surface area contributed by atoms with Crippen LogP contribution in [0.4, 0.5) is 4.39 Å². The van der Waals surface area contributed by atoms with Crippen LogP contribution in [-0.2, 0) is 0 Å². The van der Waals surface area contributed by atoms with Crippen molar-refractivity contribution >= 4 is 34.5 Å². The zero-order chi connectivity index (χ0) is 17.1. The van der Waals surface area contributed by atoms with Gasteiger partial charge < -0.3 is 0 Å². The summed E-state index contributed by atoms with van der Waals surface area (Å²) in [7, 11) is 0. The number of hydrogen-bond donors (Lipinski definition) is 2. The van der Waals surface area contributed by atoms with Crippen LogP contribution in [0.3, 0.4) is 0 Å². The van der Waals surface area contributed by atoms with Gasteiger partial charge in [-0.2, -0.15) is 0 Å². The molecule has 4 nitrogen and oxygen atoms in total. The Kier molecular flexibility index (Phi) is 4.73. The summed E-state index contributed by atoms with van der Waals surface area (Å²) in [5.41, 5.74) is 5.63. The van der Waals surface area contributed by atoms with E-state index in [1.165, 1.54) is 34.8 Å². The van der Waals surface area contributed by atoms with Crippen molar-refractivity contribution < 1.29 is 14.0 Å². The standard InChI is InChI=1S/C17H13FN2O2S2/c1-10-2-7-14(23-10)16(21)19-20-17(22)15-9-8-13(24-15)11-3-5-12(18)6-4-11/h2-9H,1H3,(H,19,21)(H,20,22). The molecule has 0 aliphatic carbocycles. The second kappa shape index (κ2) is 6.94.